The lowest BCUT2D eigenvalue weighted by molar-refractivity contribution is -0.115. The third-order valence-corrected chi connectivity index (χ3v) is 6.04. The second-order valence-electron chi connectivity index (χ2n) is 6.52. The Morgan fingerprint density at radius 2 is 1.88 bits per heavy atom. The van der Waals surface area contributed by atoms with Crippen molar-refractivity contribution in [2.24, 2.45) is 5.92 Å². The van der Waals surface area contributed by atoms with Gasteiger partial charge in [-0.25, -0.2) is 0 Å². The highest BCUT2D eigenvalue weighted by molar-refractivity contribution is 8.13. The second-order valence-corrected chi connectivity index (χ2v) is 8.03. The monoisotopic (exact) mass is 373 g/mol. The minimum atomic E-state index is 0.0416. The fourth-order valence-corrected chi connectivity index (χ4v) is 4.53. The third kappa shape index (κ3) is 4.66. The van der Waals surface area contributed by atoms with Crippen LogP contribution in [-0.4, -0.2) is 23.1 Å². The molecule has 2 atom stereocenters. The number of carbonyl (C=O) groups excluding carboxylic acids is 1. The molecule has 2 nitrogen and oxygen atoms in total. The first-order valence-corrected chi connectivity index (χ1v) is 10.1. The van der Waals surface area contributed by atoms with Gasteiger partial charge < -0.3 is 0 Å². The van der Waals surface area contributed by atoms with Gasteiger partial charge >= 0.3 is 0 Å². The van der Waals surface area contributed by atoms with Gasteiger partial charge in [0.15, 0.2) is 5.12 Å². The van der Waals surface area contributed by atoms with Gasteiger partial charge in [-0.2, -0.15) is 0 Å². The Hall–Kier alpha value is -1.29. The molecule has 1 fully saturated rings. The largest absolute Gasteiger partial charge is 0.296 e. The molecule has 1 saturated heterocycles. The molecule has 0 saturated carbocycles. The number of likely N-dealkylation sites (tertiary alicyclic amines) is 1. The summed E-state index contributed by atoms with van der Waals surface area (Å²) in [5, 5.41) is 0.959. The van der Waals surface area contributed by atoms with Crippen LogP contribution in [0.5, 0.6) is 0 Å². The summed E-state index contributed by atoms with van der Waals surface area (Å²) in [6, 6.07) is 18.2. The van der Waals surface area contributed by atoms with Crippen LogP contribution in [-0.2, 0) is 4.79 Å². The number of unbranched alkanes of at least 4 members (excludes halogenated alkanes) is 1. The van der Waals surface area contributed by atoms with Crippen LogP contribution < -0.4 is 0 Å². The van der Waals surface area contributed by atoms with Crippen LogP contribution >= 0.6 is 23.4 Å². The Kier molecular flexibility index (Phi) is 6.57. The van der Waals surface area contributed by atoms with Crippen molar-refractivity contribution in [1.29, 1.82) is 0 Å². The standard InChI is InChI=1S/C21H24ClNOS/c1-2-3-14-23-15-13-19(20(23)16-7-5-4-6-8-16)21(24)25-18-11-9-17(22)10-12-18/h4-12,19-20H,2-3,13-15H2,1H3/t19-,20-/m1/s1. The molecule has 0 amide bonds. The molecule has 0 bridgehead atoms. The van der Waals surface area contributed by atoms with Crippen LogP contribution in [0, 0.1) is 5.92 Å². The quantitative estimate of drug-likeness (QED) is 0.595. The normalized spacial score (nSPS) is 20.7. The third-order valence-electron chi connectivity index (χ3n) is 4.78. The maximum Gasteiger partial charge on any atom is 0.198 e. The van der Waals surface area contributed by atoms with E-state index in [1.165, 1.54) is 30.2 Å². The number of hydrogen-bond donors (Lipinski definition) is 0. The molecule has 0 radical (unpaired) electrons. The van der Waals surface area contributed by atoms with Crippen molar-refractivity contribution in [1.82, 2.24) is 4.90 Å². The fourth-order valence-electron chi connectivity index (χ4n) is 3.50. The van der Waals surface area contributed by atoms with E-state index in [1.54, 1.807) is 0 Å². The van der Waals surface area contributed by atoms with Crippen molar-refractivity contribution in [3.8, 4) is 0 Å². The van der Waals surface area contributed by atoms with Crippen LogP contribution in [0.15, 0.2) is 59.5 Å². The molecule has 4 heteroatoms. The molecule has 0 N–H and O–H groups in total. The Labute approximate surface area is 159 Å². The molecule has 0 aliphatic carbocycles. The molecular formula is C21H24ClNOS. The van der Waals surface area contributed by atoms with Crippen LogP contribution in [0.4, 0.5) is 0 Å². The predicted octanol–water partition coefficient (Wildman–Crippen LogP) is 5.82. The van der Waals surface area contributed by atoms with Gasteiger partial charge in [-0.05, 0) is 55.8 Å². The van der Waals surface area contributed by atoms with E-state index in [0.29, 0.717) is 5.02 Å². The molecule has 0 spiro atoms. The topological polar surface area (TPSA) is 20.3 Å². The van der Waals surface area contributed by atoms with Crippen molar-refractivity contribution in [3.63, 3.8) is 0 Å². The molecular weight excluding hydrogens is 350 g/mol. The minimum absolute atomic E-state index is 0.0416. The van der Waals surface area contributed by atoms with Gasteiger partial charge in [0.05, 0.1) is 0 Å². The summed E-state index contributed by atoms with van der Waals surface area (Å²) in [6.07, 6.45) is 3.29. The number of halogens is 1. The van der Waals surface area contributed by atoms with E-state index < -0.39 is 0 Å². The highest BCUT2D eigenvalue weighted by Gasteiger charge is 2.39. The van der Waals surface area contributed by atoms with Crippen LogP contribution in [0.2, 0.25) is 5.02 Å². The molecule has 2 aromatic rings. The smallest absolute Gasteiger partial charge is 0.198 e. The van der Waals surface area contributed by atoms with E-state index in [2.05, 4.69) is 36.1 Å². The van der Waals surface area contributed by atoms with Gasteiger partial charge in [-0.3, -0.25) is 9.69 Å². The van der Waals surface area contributed by atoms with E-state index in [4.69, 9.17) is 11.6 Å². The highest BCUT2D eigenvalue weighted by atomic mass is 35.5. The molecule has 1 heterocycles. The molecule has 0 aromatic heterocycles. The van der Waals surface area contributed by atoms with E-state index in [9.17, 15) is 4.79 Å². The summed E-state index contributed by atoms with van der Waals surface area (Å²) in [6.45, 7) is 4.27. The van der Waals surface area contributed by atoms with Gasteiger partial charge in [-0.1, -0.05) is 67.0 Å². The Morgan fingerprint density at radius 1 is 1.16 bits per heavy atom. The average Bonchev–Trinajstić information content (AvgIpc) is 3.06. The number of nitrogens with zero attached hydrogens (tertiary/aromatic N) is 1. The molecule has 0 unspecified atom stereocenters. The first-order valence-electron chi connectivity index (χ1n) is 8.95. The molecule has 132 valence electrons. The first kappa shape index (κ1) is 18.5. The van der Waals surface area contributed by atoms with Crippen LogP contribution in [0.25, 0.3) is 0 Å². The number of carbonyl (C=O) groups is 1. The molecule has 1 aliphatic heterocycles. The van der Waals surface area contributed by atoms with Gasteiger partial charge in [0.1, 0.15) is 0 Å². The Balaban J connectivity index is 1.78. The van der Waals surface area contributed by atoms with Gasteiger partial charge in [0.2, 0.25) is 0 Å². The second kappa shape index (κ2) is 8.88. The van der Waals surface area contributed by atoms with E-state index >= 15 is 0 Å². The van der Waals surface area contributed by atoms with Crippen molar-refractivity contribution in [2.75, 3.05) is 13.1 Å². The zero-order valence-electron chi connectivity index (χ0n) is 14.5. The van der Waals surface area contributed by atoms with E-state index in [1.807, 2.05) is 30.3 Å². The average molecular weight is 374 g/mol. The summed E-state index contributed by atoms with van der Waals surface area (Å²) in [5.41, 5.74) is 1.26. The Morgan fingerprint density at radius 3 is 2.56 bits per heavy atom. The zero-order chi connectivity index (χ0) is 17.6. The number of thioether (sulfide) groups is 1. The summed E-state index contributed by atoms with van der Waals surface area (Å²) >= 11 is 7.29. The van der Waals surface area contributed by atoms with Crippen LogP contribution in [0.3, 0.4) is 0 Å². The fraction of sp³-hybridized carbons (Fsp3) is 0.381. The summed E-state index contributed by atoms with van der Waals surface area (Å²) < 4.78 is 0. The zero-order valence-corrected chi connectivity index (χ0v) is 16.1. The molecule has 2 aromatic carbocycles. The number of rotatable bonds is 6. The first-order chi connectivity index (χ1) is 12.2. The molecule has 25 heavy (non-hydrogen) atoms. The van der Waals surface area contributed by atoms with Crippen molar-refractivity contribution < 1.29 is 4.79 Å². The van der Waals surface area contributed by atoms with Gasteiger partial charge in [0, 0.05) is 21.9 Å². The lowest BCUT2D eigenvalue weighted by Crippen LogP contribution is -2.28. The van der Waals surface area contributed by atoms with E-state index in [0.717, 1.165) is 24.4 Å². The molecule has 3 rings (SSSR count). The van der Waals surface area contributed by atoms with Crippen molar-refractivity contribution in [3.05, 3.63) is 65.2 Å². The van der Waals surface area contributed by atoms with Gasteiger partial charge in [-0.15, -0.1) is 0 Å². The summed E-state index contributed by atoms with van der Waals surface area (Å²) in [7, 11) is 0. The highest BCUT2D eigenvalue weighted by Crippen LogP contribution is 2.41. The van der Waals surface area contributed by atoms with Gasteiger partial charge in [0.25, 0.3) is 0 Å². The summed E-state index contributed by atoms with van der Waals surface area (Å²) in [4.78, 5) is 16.5. The number of benzene rings is 2. The Bertz CT molecular complexity index is 689. The SMILES string of the molecule is CCCCN1CC[C@@H](C(=O)Sc2ccc(Cl)cc2)[C@H]1c1ccccc1. The lowest BCUT2D eigenvalue weighted by Gasteiger charge is -2.28. The van der Waals surface area contributed by atoms with Crippen molar-refractivity contribution in [2.45, 2.75) is 37.1 Å². The summed E-state index contributed by atoms with van der Waals surface area (Å²) in [5.74, 6) is 0.0416. The maximum absolute atomic E-state index is 13.0. The minimum Gasteiger partial charge on any atom is -0.296 e. The van der Waals surface area contributed by atoms with E-state index in [-0.39, 0.29) is 17.1 Å². The number of hydrogen-bond acceptors (Lipinski definition) is 3. The van der Waals surface area contributed by atoms with Crippen LogP contribution in [0.1, 0.15) is 37.8 Å². The lowest BCUT2D eigenvalue weighted by atomic mass is 9.94. The maximum atomic E-state index is 13.0. The van der Waals surface area contributed by atoms with Crippen molar-refractivity contribution >= 4 is 28.5 Å². The molecule has 1 aliphatic rings. The predicted molar refractivity (Wildman–Crippen MR) is 106 cm³/mol.